The summed E-state index contributed by atoms with van der Waals surface area (Å²) in [7, 11) is 0. The Labute approximate surface area is 73.9 Å². The van der Waals surface area contributed by atoms with Gasteiger partial charge in [-0.3, -0.25) is 0 Å². The molecule has 0 aromatic rings. The molecule has 4 atom stereocenters. The van der Waals surface area contributed by atoms with Crippen molar-refractivity contribution in [2.75, 3.05) is 6.61 Å². The lowest BCUT2D eigenvalue weighted by molar-refractivity contribution is 0.0127. The minimum absolute atomic E-state index is 0.337. The Balaban J connectivity index is 2.08. The minimum Gasteiger partial charge on any atom is -0.387 e. The van der Waals surface area contributed by atoms with Gasteiger partial charge in [0.05, 0.1) is 18.3 Å². The van der Waals surface area contributed by atoms with E-state index in [4.69, 9.17) is 4.74 Å². The lowest BCUT2D eigenvalue weighted by Gasteiger charge is -2.33. The first-order chi connectivity index (χ1) is 5.59. The highest BCUT2D eigenvalue weighted by atomic mass is 16.5. The molecule has 0 radical (unpaired) electrons. The predicted octanol–water partition coefficient (Wildman–Crippen LogP) is 1.57. The fourth-order valence-corrected chi connectivity index (χ4v) is 2.61. The highest BCUT2D eigenvalue weighted by Crippen LogP contribution is 2.42. The third-order valence-corrected chi connectivity index (χ3v) is 3.44. The van der Waals surface area contributed by atoms with Gasteiger partial charge in [0.25, 0.3) is 0 Å². The van der Waals surface area contributed by atoms with Crippen molar-refractivity contribution in [3.63, 3.8) is 0 Å². The van der Waals surface area contributed by atoms with Crippen molar-refractivity contribution in [2.45, 2.75) is 44.8 Å². The van der Waals surface area contributed by atoms with Gasteiger partial charge >= 0.3 is 0 Å². The van der Waals surface area contributed by atoms with E-state index in [9.17, 15) is 5.11 Å². The number of ether oxygens (including phenoxy) is 1. The number of hydrogen-bond acceptors (Lipinski definition) is 2. The topological polar surface area (TPSA) is 29.5 Å². The molecule has 1 N–H and O–H groups in total. The summed E-state index contributed by atoms with van der Waals surface area (Å²) in [6, 6.07) is 0. The van der Waals surface area contributed by atoms with Crippen molar-refractivity contribution in [1.29, 1.82) is 0 Å². The zero-order chi connectivity index (χ0) is 8.77. The number of aliphatic hydroxyl groups is 1. The normalized spacial score (nSPS) is 53.8. The van der Waals surface area contributed by atoms with E-state index in [0.717, 1.165) is 18.8 Å². The fraction of sp³-hybridized carbons (Fsp3) is 1.00. The zero-order valence-corrected chi connectivity index (χ0v) is 7.92. The van der Waals surface area contributed by atoms with E-state index in [2.05, 4.69) is 6.92 Å². The van der Waals surface area contributed by atoms with Crippen LogP contribution >= 0.6 is 0 Å². The second kappa shape index (κ2) is 2.71. The van der Waals surface area contributed by atoms with Gasteiger partial charge in [0, 0.05) is 5.92 Å². The van der Waals surface area contributed by atoms with Crippen LogP contribution in [0.4, 0.5) is 0 Å². The van der Waals surface area contributed by atoms with E-state index >= 15 is 0 Å². The van der Waals surface area contributed by atoms with Gasteiger partial charge in [-0.25, -0.2) is 0 Å². The van der Waals surface area contributed by atoms with Crippen molar-refractivity contribution in [1.82, 2.24) is 0 Å². The first kappa shape index (κ1) is 8.52. The van der Waals surface area contributed by atoms with Gasteiger partial charge in [-0.15, -0.1) is 0 Å². The van der Waals surface area contributed by atoms with E-state index in [1.807, 2.05) is 6.92 Å². The molecule has 4 unspecified atom stereocenters. The minimum atomic E-state index is -0.551. The summed E-state index contributed by atoms with van der Waals surface area (Å²) in [6.07, 6.45) is 3.86. The van der Waals surface area contributed by atoms with Gasteiger partial charge in [-0.1, -0.05) is 13.3 Å². The maximum absolute atomic E-state index is 9.95. The fourth-order valence-electron chi connectivity index (χ4n) is 2.61. The van der Waals surface area contributed by atoms with Crippen molar-refractivity contribution < 1.29 is 9.84 Å². The molecule has 1 heterocycles. The molecule has 12 heavy (non-hydrogen) atoms. The van der Waals surface area contributed by atoms with Gasteiger partial charge in [0.2, 0.25) is 0 Å². The Kier molecular flexibility index (Phi) is 1.92. The van der Waals surface area contributed by atoms with E-state index in [1.165, 1.54) is 6.42 Å². The Bertz CT molecular complexity index is 177. The average Bonchev–Trinajstić information content (AvgIpc) is 2.27. The van der Waals surface area contributed by atoms with Gasteiger partial charge in [0.15, 0.2) is 0 Å². The largest absolute Gasteiger partial charge is 0.387 e. The molecule has 0 spiro atoms. The molecule has 0 aromatic carbocycles. The molecule has 1 aliphatic heterocycles. The van der Waals surface area contributed by atoms with E-state index in [1.54, 1.807) is 0 Å². The molecule has 0 amide bonds. The van der Waals surface area contributed by atoms with Crippen molar-refractivity contribution in [2.24, 2.45) is 11.8 Å². The van der Waals surface area contributed by atoms with Crippen LogP contribution in [0.1, 0.15) is 33.1 Å². The van der Waals surface area contributed by atoms with Crippen LogP contribution in [-0.2, 0) is 4.74 Å². The second-order valence-corrected chi connectivity index (χ2v) is 4.73. The van der Waals surface area contributed by atoms with E-state index in [-0.39, 0.29) is 0 Å². The maximum atomic E-state index is 9.95. The van der Waals surface area contributed by atoms with Crippen molar-refractivity contribution >= 4 is 0 Å². The maximum Gasteiger partial charge on any atom is 0.0904 e. The number of hydrogen-bond donors (Lipinski definition) is 1. The van der Waals surface area contributed by atoms with Crippen molar-refractivity contribution in [3.8, 4) is 0 Å². The molecule has 1 saturated heterocycles. The SMILES string of the molecule is CC1CCC2C(C1)OCC2(C)O. The summed E-state index contributed by atoms with van der Waals surface area (Å²) in [5.74, 6) is 1.17. The Morgan fingerprint density at radius 2 is 2.17 bits per heavy atom. The monoisotopic (exact) mass is 170 g/mol. The molecule has 2 rings (SSSR count). The first-order valence-corrected chi connectivity index (χ1v) is 4.93. The molecule has 2 aliphatic rings. The van der Waals surface area contributed by atoms with Gasteiger partial charge in [0.1, 0.15) is 0 Å². The molecule has 1 aliphatic carbocycles. The van der Waals surface area contributed by atoms with Crippen LogP contribution in [0.5, 0.6) is 0 Å². The van der Waals surface area contributed by atoms with Gasteiger partial charge < -0.3 is 9.84 Å². The quantitative estimate of drug-likeness (QED) is 0.598. The third kappa shape index (κ3) is 1.27. The van der Waals surface area contributed by atoms with Crippen LogP contribution in [0, 0.1) is 11.8 Å². The number of rotatable bonds is 0. The molecule has 2 heteroatoms. The zero-order valence-electron chi connectivity index (χ0n) is 7.92. The van der Waals surface area contributed by atoms with Crippen LogP contribution in [0.2, 0.25) is 0 Å². The molecule has 70 valence electrons. The van der Waals surface area contributed by atoms with Crippen LogP contribution in [-0.4, -0.2) is 23.4 Å². The van der Waals surface area contributed by atoms with Crippen LogP contribution in [0.3, 0.4) is 0 Å². The van der Waals surface area contributed by atoms with E-state index < -0.39 is 5.60 Å². The molecule has 2 fully saturated rings. The van der Waals surface area contributed by atoms with E-state index in [0.29, 0.717) is 18.6 Å². The number of fused-ring (bicyclic) bond motifs is 1. The van der Waals surface area contributed by atoms with Gasteiger partial charge in [-0.2, -0.15) is 0 Å². The molecular formula is C10H18O2. The molecule has 2 nitrogen and oxygen atoms in total. The van der Waals surface area contributed by atoms with Crippen LogP contribution in [0.25, 0.3) is 0 Å². The summed E-state index contributed by atoms with van der Waals surface area (Å²) in [5.41, 5.74) is -0.551. The molecular weight excluding hydrogens is 152 g/mol. The smallest absolute Gasteiger partial charge is 0.0904 e. The Hall–Kier alpha value is -0.0800. The predicted molar refractivity (Wildman–Crippen MR) is 46.9 cm³/mol. The standard InChI is InChI=1S/C10H18O2/c1-7-3-4-8-9(5-7)12-6-10(8,2)11/h7-9,11H,3-6H2,1-2H3. The lowest BCUT2D eigenvalue weighted by atomic mass is 9.75. The summed E-state index contributed by atoms with van der Waals surface area (Å²) < 4.78 is 5.59. The third-order valence-electron chi connectivity index (χ3n) is 3.44. The van der Waals surface area contributed by atoms with Crippen molar-refractivity contribution in [3.05, 3.63) is 0 Å². The molecule has 1 saturated carbocycles. The molecule has 0 bridgehead atoms. The Morgan fingerprint density at radius 3 is 2.92 bits per heavy atom. The summed E-state index contributed by atoms with van der Waals surface area (Å²) in [6.45, 7) is 4.72. The summed E-state index contributed by atoms with van der Waals surface area (Å²) >= 11 is 0. The second-order valence-electron chi connectivity index (χ2n) is 4.73. The summed E-state index contributed by atoms with van der Waals surface area (Å²) in [4.78, 5) is 0. The van der Waals surface area contributed by atoms with Crippen LogP contribution in [0.15, 0.2) is 0 Å². The highest BCUT2D eigenvalue weighted by Gasteiger charge is 2.46. The molecule has 0 aromatic heterocycles. The Morgan fingerprint density at radius 1 is 1.42 bits per heavy atom. The van der Waals surface area contributed by atoms with Gasteiger partial charge in [-0.05, 0) is 25.7 Å². The first-order valence-electron chi connectivity index (χ1n) is 4.93. The average molecular weight is 170 g/mol. The highest BCUT2D eigenvalue weighted by molar-refractivity contribution is 4.96. The summed E-state index contributed by atoms with van der Waals surface area (Å²) in [5, 5.41) is 9.95. The van der Waals surface area contributed by atoms with Crippen LogP contribution < -0.4 is 0 Å². The lowest BCUT2D eigenvalue weighted by Crippen LogP contribution is -2.38.